The molecule has 0 fully saturated rings. The lowest BCUT2D eigenvalue weighted by Gasteiger charge is -2.11. The third-order valence-corrected chi connectivity index (χ3v) is 3.75. The summed E-state index contributed by atoms with van der Waals surface area (Å²) >= 11 is 0. The minimum absolute atomic E-state index is 0.271. The standard InChI is InChI=1S/C16H35NO/c1-3-4-5-6-7-8-9-10-11-12-13-14-15-16(2)17-18/h16H,3-15,17H2,1-2H3. The van der Waals surface area contributed by atoms with Crippen LogP contribution in [0.2, 0.25) is 0 Å². The molecule has 0 amide bonds. The Hall–Kier alpha value is -0.0800. The second-order valence-corrected chi connectivity index (χ2v) is 5.79. The molecule has 0 rings (SSSR count). The molecule has 0 saturated carbocycles. The van der Waals surface area contributed by atoms with E-state index in [1.165, 1.54) is 77.0 Å². The van der Waals surface area contributed by atoms with E-state index in [-0.39, 0.29) is 6.04 Å². The average Bonchev–Trinajstić information content (AvgIpc) is 2.39. The summed E-state index contributed by atoms with van der Waals surface area (Å²) in [4.78, 5) is 0. The Morgan fingerprint density at radius 3 is 1.50 bits per heavy atom. The van der Waals surface area contributed by atoms with Crippen LogP contribution in [0.4, 0.5) is 0 Å². The molecule has 2 heteroatoms. The van der Waals surface area contributed by atoms with Crippen LogP contribution >= 0.6 is 0 Å². The van der Waals surface area contributed by atoms with Crippen molar-refractivity contribution >= 4 is 0 Å². The molecule has 1 atom stereocenters. The first-order valence-electron chi connectivity index (χ1n) is 8.26. The van der Waals surface area contributed by atoms with E-state index < -0.39 is 0 Å². The molecule has 0 aliphatic rings. The van der Waals surface area contributed by atoms with Crippen molar-refractivity contribution in [3.8, 4) is 0 Å². The predicted molar refractivity (Wildman–Crippen MR) is 80.4 cm³/mol. The van der Waals surface area contributed by atoms with Gasteiger partial charge in [0.2, 0.25) is 0 Å². The maximum Gasteiger partial charge on any atom is 0.0827 e. The third kappa shape index (κ3) is 14.0. The molecule has 0 aliphatic carbocycles. The van der Waals surface area contributed by atoms with E-state index in [9.17, 15) is 5.21 Å². The van der Waals surface area contributed by atoms with Gasteiger partial charge in [-0.15, -0.1) is 0 Å². The van der Waals surface area contributed by atoms with Crippen molar-refractivity contribution in [3.05, 3.63) is 5.21 Å². The molecule has 2 N–H and O–H groups in total. The Morgan fingerprint density at radius 1 is 0.722 bits per heavy atom. The molecule has 0 aromatic rings. The molecule has 18 heavy (non-hydrogen) atoms. The summed E-state index contributed by atoms with van der Waals surface area (Å²) in [7, 11) is 0. The van der Waals surface area contributed by atoms with Gasteiger partial charge >= 0.3 is 0 Å². The van der Waals surface area contributed by atoms with Crippen LogP contribution in [0.25, 0.3) is 0 Å². The van der Waals surface area contributed by atoms with Crippen LogP contribution in [0.5, 0.6) is 0 Å². The minimum atomic E-state index is 0.271. The molecule has 0 heterocycles. The Labute approximate surface area is 115 Å². The van der Waals surface area contributed by atoms with E-state index in [4.69, 9.17) is 0 Å². The highest BCUT2D eigenvalue weighted by Crippen LogP contribution is 2.12. The second kappa shape index (κ2) is 15.0. The maximum atomic E-state index is 10.4. The average molecular weight is 257 g/mol. The molecular formula is C16H35NO. The maximum absolute atomic E-state index is 10.4. The lowest BCUT2D eigenvalue weighted by molar-refractivity contribution is -0.624. The highest BCUT2D eigenvalue weighted by molar-refractivity contribution is 4.51. The largest absolute Gasteiger partial charge is 0.636 e. The monoisotopic (exact) mass is 257 g/mol. The van der Waals surface area contributed by atoms with Crippen LogP contribution < -0.4 is 5.48 Å². The highest BCUT2D eigenvalue weighted by atomic mass is 16.5. The molecule has 0 spiro atoms. The van der Waals surface area contributed by atoms with Crippen LogP contribution in [-0.4, -0.2) is 6.04 Å². The van der Waals surface area contributed by atoms with E-state index in [0.29, 0.717) is 0 Å². The number of quaternary nitrogens is 1. The first kappa shape index (κ1) is 17.9. The van der Waals surface area contributed by atoms with Gasteiger partial charge in [-0.2, -0.15) is 0 Å². The number of hydroxylamine groups is 1. The predicted octanol–water partition coefficient (Wildman–Crippen LogP) is 4.53. The number of rotatable bonds is 14. The van der Waals surface area contributed by atoms with Gasteiger partial charge in [0.25, 0.3) is 0 Å². The van der Waals surface area contributed by atoms with Crippen molar-refractivity contribution in [2.45, 2.75) is 103 Å². The fourth-order valence-corrected chi connectivity index (χ4v) is 2.38. The first-order valence-corrected chi connectivity index (χ1v) is 8.26. The summed E-state index contributed by atoms with van der Waals surface area (Å²) in [5.41, 5.74) is 1.08. The lowest BCUT2D eigenvalue weighted by Crippen LogP contribution is -2.83. The van der Waals surface area contributed by atoms with Gasteiger partial charge in [0.1, 0.15) is 0 Å². The topological polar surface area (TPSA) is 39.7 Å². The van der Waals surface area contributed by atoms with Gasteiger partial charge in [-0.3, -0.25) is 0 Å². The van der Waals surface area contributed by atoms with Crippen molar-refractivity contribution in [2.75, 3.05) is 0 Å². The molecule has 0 aromatic heterocycles. The molecule has 0 bridgehead atoms. The Balaban J connectivity index is 2.94. The van der Waals surface area contributed by atoms with Gasteiger partial charge < -0.3 is 10.7 Å². The molecule has 0 aliphatic heterocycles. The molecule has 2 nitrogen and oxygen atoms in total. The van der Waals surface area contributed by atoms with E-state index >= 15 is 0 Å². The van der Waals surface area contributed by atoms with Gasteiger partial charge in [0, 0.05) is 0 Å². The quantitative estimate of drug-likeness (QED) is 0.360. The fraction of sp³-hybridized carbons (Fsp3) is 1.00. The van der Waals surface area contributed by atoms with Crippen LogP contribution in [-0.2, 0) is 0 Å². The molecular weight excluding hydrogens is 222 g/mol. The first-order chi connectivity index (χ1) is 8.81. The summed E-state index contributed by atoms with van der Waals surface area (Å²) in [5.74, 6) is 0. The molecule has 1 unspecified atom stereocenters. The van der Waals surface area contributed by atoms with Gasteiger partial charge in [-0.1, -0.05) is 77.6 Å². The number of hydrogen-bond donors (Lipinski definition) is 1. The Morgan fingerprint density at radius 2 is 1.11 bits per heavy atom. The van der Waals surface area contributed by atoms with Crippen molar-refractivity contribution in [3.63, 3.8) is 0 Å². The van der Waals surface area contributed by atoms with Crippen molar-refractivity contribution in [1.82, 2.24) is 0 Å². The second-order valence-electron chi connectivity index (χ2n) is 5.79. The number of hydrogen-bond acceptors (Lipinski definition) is 1. The minimum Gasteiger partial charge on any atom is -0.636 e. The van der Waals surface area contributed by atoms with Crippen LogP contribution in [0, 0.1) is 5.21 Å². The van der Waals surface area contributed by atoms with Gasteiger partial charge in [0.05, 0.1) is 6.04 Å². The number of unbranched alkanes of at least 4 members (excludes halogenated alkanes) is 11. The van der Waals surface area contributed by atoms with E-state index in [1.807, 2.05) is 6.92 Å². The Bertz CT molecular complexity index is 150. The molecule has 0 radical (unpaired) electrons. The van der Waals surface area contributed by atoms with Crippen molar-refractivity contribution in [1.29, 1.82) is 0 Å². The molecule has 0 aromatic carbocycles. The summed E-state index contributed by atoms with van der Waals surface area (Å²) in [5, 5.41) is 10.4. The fourth-order valence-electron chi connectivity index (χ4n) is 2.38. The SMILES string of the molecule is CCCCCCCCCCCCCCC(C)[NH2+][O-]. The summed E-state index contributed by atoms with van der Waals surface area (Å²) in [6.07, 6.45) is 17.7. The van der Waals surface area contributed by atoms with Gasteiger partial charge in [-0.05, 0) is 19.8 Å². The third-order valence-electron chi connectivity index (χ3n) is 3.75. The smallest absolute Gasteiger partial charge is 0.0827 e. The molecule has 110 valence electrons. The highest BCUT2D eigenvalue weighted by Gasteiger charge is 1.98. The van der Waals surface area contributed by atoms with Gasteiger partial charge in [0.15, 0.2) is 0 Å². The normalized spacial score (nSPS) is 12.8. The summed E-state index contributed by atoms with van der Waals surface area (Å²) in [6.45, 7) is 4.29. The van der Waals surface area contributed by atoms with Crippen molar-refractivity contribution in [2.24, 2.45) is 0 Å². The summed E-state index contributed by atoms with van der Waals surface area (Å²) in [6, 6.07) is 0.271. The van der Waals surface area contributed by atoms with E-state index in [0.717, 1.165) is 11.9 Å². The van der Waals surface area contributed by atoms with Crippen LogP contribution in [0.3, 0.4) is 0 Å². The zero-order valence-corrected chi connectivity index (χ0v) is 12.8. The van der Waals surface area contributed by atoms with Crippen molar-refractivity contribution < 1.29 is 5.48 Å². The van der Waals surface area contributed by atoms with Crippen LogP contribution in [0.15, 0.2) is 0 Å². The van der Waals surface area contributed by atoms with Gasteiger partial charge in [-0.25, -0.2) is 0 Å². The van der Waals surface area contributed by atoms with E-state index in [2.05, 4.69) is 6.92 Å². The number of nitrogens with two attached hydrogens (primary N) is 1. The van der Waals surface area contributed by atoms with E-state index in [1.54, 1.807) is 0 Å². The zero-order chi connectivity index (χ0) is 13.5. The summed E-state index contributed by atoms with van der Waals surface area (Å²) < 4.78 is 0. The Kier molecular flexibility index (Phi) is 14.9. The zero-order valence-electron chi connectivity index (χ0n) is 12.8. The molecule has 0 saturated heterocycles. The van der Waals surface area contributed by atoms with Crippen LogP contribution in [0.1, 0.15) is 97.3 Å². The lowest BCUT2D eigenvalue weighted by atomic mass is 10.0.